The van der Waals surface area contributed by atoms with Gasteiger partial charge in [-0.15, -0.1) is 0 Å². The maximum atomic E-state index is 6.28. The van der Waals surface area contributed by atoms with Crippen molar-refractivity contribution in [1.82, 2.24) is 9.97 Å². The summed E-state index contributed by atoms with van der Waals surface area (Å²) < 4.78 is 19.0. The van der Waals surface area contributed by atoms with Gasteiger partial charge in [0.1, 0.15) is 6.61 Å². The molecule has 0 spiro atoms. The van der Waals surface area contributed by atoms with E-state index in [0.29, 0.717) is 26.4 Å². The van der Waals surface area contributed by atoms with Crippen molar-refractivity contribution < 1.29 is 14.2 Å². The average Bonchev–Trinajstić information content (AvgIpc) is 3.28. The van der Waals surface area contributed by atoms with Gasteiger partial charge in [0.25, 0.3) is 0 Å². The molecule has 5 nitrogen and oxygen atoms in total. The lowest BCUT2D eigenvalue weighted by atomic mass is 10.1. The van der Waals surface area contributed by atoms with E-state index in [4.69, 9.17) is 14.2 Å². The number of aromatic nitrogens is 2. The Kier molecular flexibility index (Phi) is 5.45. The highest BCUT2D eigenvalue weighted by atomic mass is 79.9. The van der Waals surface area contributed by atoms with Crippen LogP contribution in [0, 0.1) is 0 Å². The maximum absolute atomic E-state index is 6.28. The van der Waals surface area contributed by atoms with Crippen molar-refractivity contribution >= 4 is 75.5 Å². The number of H-pyrrole nitrogens is 2. The molecule has 0 amide bonds. The van der Waals surface area contributed by atoms with Crippen LogP contribution in [-0.2, 0) is 9.47 Å². The third kappa shape index (κ3) is 3.50. The van der Waals surface area contributed by atoms with Crippen LogP contribution in [0.2, 0.25) is 0 Å². The summed E-state index contributed by atoms with van der Waals surface area (Å²) >= 11 is 7.20. The van der Waals surface area contributed by atoms with Crippen molar-refractivity contribution in [3.05, 3.63) is 51.4 Å². The van der Waals surface area contributed by atoms with Gasteiger partial charge < -0.3 is 24.2 Å². The number of benzene rings is 3. The van der Waals surface area contributed by atoms with Crippen LogP contribution in [0.4, 0.5) is 0 Å². The molecule has 154 valence electrons. The summed E-state index contributed by atoms with van der Waals surface area (Å²) in [5.41, 5.74) is 4.12. The first-order valence-electron chi connectivity index (χ1n) is 9.70. The molecule has 2 N–H and O–H groups in total. The molecule has 5 rings (SSSR count). The number of fused-ring (bicyclic) bond motifs is 6. The molecule has 0 saturated carbocycles. The van der Waals surface area contributed by atoms with Gasteiger partial charge in [-0.25, -0.2) is 0 Å². The SMILES string of the molecule is COCCOCCOc1c2[nH]c3ccc(Br)cc3c2cc2c1[nH]c1ccc(Br)cc12. The van der Waals surface area contributed by atoms with E-state index < -0.39 is 0 Å². The Hall–Kier alpha value is -2.06. The van der Waals surface area contributed by atoms with Crippen molar-refractivity contribution in [3.63, 3.8) is 0 Å². The molecule has 0 radical (unpaired) electrons. The molecular weight excluding hydrogens is 512 g/mol. The molecule has 2 heterocycles. The lowest BCUT2D eigenvalue weighted by molar-refractivity contribution is 0.0548. The number of nitrogens with one attached hydrogen (secondary N) is 2. The zero-order valence-electron chi connectivity index (χ0n) is 16.4. The molecule has 3 aromatic carbocycles. The Balaban J connectivity index is 1.68. The first-order valence-corrected chi connectivity index (χ1v) is 11.3. The van der Waals surface area contributed by atoms with Gasteiger partial charge in [-0.05, 0) is 42.5 Å². The monoisotopic (exact) mass is 530 g/mol. The molecular formula is C23H20Br2N2O3. The van der Waals surface area contributed by atoms with Crippen LogP contribution >= 0.6 is 31.9 Å². The van der Waals surface area contributed by atoms with E-state index in [1.165, 1.54) is 0 Å². The van der Waals surface area contributed by atoms with Gasteiger partial charge in [0.05, 0.1) is 30.9 Å². The standard InChI is InChI=1S/C23H20Br2N2O3/c1-28-6-7-29-8-9-30-23-21-17(15-10-13(24)2-4-19(15)26-21)12-18-16-11-14(25)3-5-20(16)27-22(18)23/h2-5,10-12,26-27H,6-9H2,1H3. The first kappa shape index (κ1) is 19.9. The lowest BCUT2D eigenvalue weighted by Crippen LogP contribution is -2.10. The lowest BCUT2D eigenvalue weighted by Gasteiger charge is -2.10. The zero-order valence-corrected chi connectivity index (χ0v) is 19.5. The fraction of sp³-hybridized carbons (Fsp3) is 0.217. The molecule has 0 unspecified atom stereocenters. The van der Waals surface area contributed by atoms with Crippen LogP contribution in [0.15, 0.2) is 51.4 Å². The summed E-state index contributed by atoms with van der Waals surface area (Å²) in [5.74, 6) is 0.817. The summed E-state index contributed by atoms with van der Waals surface area (Å²) in [7, 11) is 1.67. The topological polar surface area (TPSA) is 59.3 Å². The highest BCUT2D eigenvalue weighted by molar-refractivity contribution is 9.10. The van der Waals surface area contributed by atoms with Crippen molar-refractivity contribution in [2.45, 2.75) is 0 Å². The summed E-state index contributed by atoms with van der Waals surface area (Å²) in [6, 6.07) is 14.8. The van der Waals surface area contributed by atoms with Crippen LogP contribution in [0.5, 0.6) is 5.75 Å². The Morgan fingerprint density at radius 1 is 0.700 bits per heavy atom. The largest absolute Gasteiger partial charge is 0.487 e. The molecule has 7 heteroatoms. The number of rotatable bonds is 7. The van der Waals surface area contributed by atoms with Crippen LogP contribution in [-0.4, -0.2) is 43.5 Å². The van der Waals surface area contributed by atoms with Gasteiger partial charge in [0.2, 0.25) is 0 Å². The normalized spacial score (nSPS) is 12.0. The average molecular weight is 532 g/mol. The smallest absolute Gasteiger partial charge is 0.167 e. The Morgan fingerprint density at radius 3 is 1.83 bits per heavy atom. The fourth-order valence-electron chi connectivity index (χ4n) is 3.89. The molecule has 0 aliphatic rings. The second kappa shape index (κ2) is 8.23. The van der Waals surface area contributed by atoms with Crippen LogP contribution in [0.1, 0.15) is 0 Å². The van der Waals surface area contributed by atoms with Crippen LogP contribution in [0.25, 0.3) is 43.6 Å². The van der Waals surface area contributed by atoms with Crippen LogP contribution in [0.3, 0.4) is 0 Å². The highest BCUT2D eigenvalue weighted by Gasteiger charge is 2.18. The number of halogens is 2. The third-order valence-electron chi connectivity index (χ3n) is 5.25. The molecule has 0 aliphatic heterocycles. The molecule has 2 aromatic heterocycles. The number of ether oxygens (including phenoxy) is 3. The van der Waals surface area contributed by atoms with Gasteiger partial charge >= 0.3 is 0 Å². The Labute approximate surface area is 189 Å². The minimum absolute atomic E-state index is 0.454. The number of aromatic amines is 2. The molecule has 5 aromatic rings. The van der Waals surface area contributed by atoms with E-state index in [1.807, 2.05) is 12.1 Å². The quantitative estimate of drug-likeness (QED) is 0.235. The van der Waals surface area contributed by atoms with E-state index in [1.54, 1.807) is 7.11 Å². The van der Waals surface area contributed by atoms with Crippen molar-refractivity contribution in [2.75, 3.05) is 33.5 Å². The summed E-state index contributed by atoms with van der Waals surface area (Å²) in [6.07, 6.45) is 0. The van der Waals surface area contributed by atoms with E-state index >= 15 is 0 Å². The summed E-state index contributed by atoms with van der Waals surface area (Å²) in [6.45, 7) is 2.09. The second-order valence-corrected chi connectivity index (χ2v) is 8.97. The number of hydrogen-bond donors (Lipinski definition) is 2. The molecule has 0 saturated heterocycles. The summed E-state index contributed by atoms with van der Waals surface area (Å²) in [4.78, 5) is 7.09. The number of hydrogen-bond acceptors (Lipinski definition) is 3. The third-order valence-corrected chi connectivity index (χ3v) is 6.24. The number of methoxy groups -OCH3 is 1. The van der Waals surface area contributed by atoms with E-state index in [0.717, 1.165) is 58.3 Å². The van der Waals surface area contributed by atoms with Crippen LogP contribution < -0.4 is 4.74 Å². The maximum Gasteiger partial charge on any atom is 0.167 e. The predicted octanol–water partition coefficient (Wildman–Crippen LogP) is 6.52. The van der Waals surface area contributed by atoms with Crippen molar-refractivity contribution in [3.8, 4) is 5.75 Å². The second-order valence-electron chi connectivity index (χ2n) is 7.13. The van der Waals surface area contributed by atoms with Gasteiger partial charge in [-0.2, -0.15) is 0 Å². The Morgan fingerprint density at radius 2 is 1.27 bits per heavy atom. The molecule has 30 heavy (non-hydrogen) atoms. The first-order chi connectivity index (χ1) is 14.7. The highest BCUT2D eigenvalue weighted by Crippen LogP contribution is 2.41. The summed E-state index contributed by atoms with van der Waals surface area (Å²) in [5, 5.41) is 4.59. The molecule has 0 aliphatic carbocycles. The van der Waals surface area contributed by atoms with Gasteiger partial charge in [-0.3, -0.25) is 0 Å². The molecule has 0 fully saturated rings. The molecule has 0 bridgehead atoms. The van der Waals surface area contributed by atoms with Gasteiger partial charge in [0.15, 0.2) is 5.75 Å². The van der Waals surface area contributed by atoms with Gasteiger partial charge in [0, 0.05) is 48.6 Å². The fourth-order valence-corrected chi connectivity index (χ4v) is 4.61. The zero-order chi connectivity index (χ0) is 20.7. The molecule has 0 atom stereocenters. The van der Waals surface area contributed by atoms with E-state index in [9.17, 15) is 0 Å². The van der Waals surface area contributed by atoms with E-state index in [-0.39, 0.29) is 0 Å². The predicted molar refractivity (Wildman–Crippen MR) is 129 cm³/mol. The Bertz CT molecular complexity index is 1280. The minimum atomic E-state index is 0.454. The van der Waals surface area contributed by atoms with Gasteiger partial charge in [-0.1, -0.05) is 31.9 Å². The van der Waals surface area contributed by atoms with Crippen molar-refractivity contribution in [2.24, 2.45) is 0 Å². The van der Waals surface area contributed by atoms with Crippen molar-refractivity contribution in [1.29, 1.82) is 0 Å². The minimum Gasteiger partial charge on any atom is -0.487 e. The van der Waals surface area contributed by atoms with E-state index in [2.05, 4.69) is 72.2 Å².